The first-order valence-electron chi connectivity index (χ1n) is 2.71. The molecule has 8 heavy (non-hydrogen) atoms. The monoisotopic (exact) mass is 118 g/mol. The number of ether oxygens (including phenoxy) is 1. The maximum Gasteiger partial charge on any atom is 0.0845 e. The van der Waals surface area contributed by atoms with E-state index in [4.69, 9.17) is 14.9 Å². The van der Waals surface area contributed by atoms with Crippen LogP contribution in [0.1, 0.15) is 0 Å². The molecule has 48 valence electrons. The summed E-state index contributed by atoms with van der Waals surface area (Å²) in [4.78, 5) is 0. The van der Waals surface area contributed by atoms with Gasteiger partial charge in [-0.1, -0.05) is 0 Å². The summed E-state index contributed by atoms with van der Waals surface area (Å²) in [5.41, 5.74) is 0. The maximum atomic E-state index is 8.90. The highest BCUT2D eigenvalue weighted by Gasteiger charge is 2.24. The summed E-state index contributed by atoms with van der Waals surface area (Å²) < 4.78 is 4.85. The summed E-state index contributed by atoms with van der Waals surface area (Å²) in [7, 11) is 0. The summed E-state index contributed by atoms with van der Waals surface area (Å²) in [5, 5.41) is 17.4. The predicted octanol–water partition coefficient (Wildman–Crippen LogP) is -1.01. The summed E-state index contributed by atoms with van der Waals surface area (Å²) >= 11 is 0. The highest BCUT2D eigenvalue weighted by Crippen LogP contribution is 2.11. The van der Waals surface area contributed by atoms with Gasteiger partial charge in [0.1, 0.15) is 0 Å². The Kier molecular flexibility index (Phi) is 1.83. The van der Waals surface area contributed by atoms with Crippen LogP contribution in [0.4, 0.5) is 0 Å². The van der Waals surface area contributed by atoms with Crippen LogP contribution in [0.5, 0.6) is 0 Å². The van der Waals surface area contributed by atoms with Gasteiger partial charge in [0.2, 0.25) is 0 Å². The van der Waals surface area contributed by atoms with Gasteiger partial charge in [0.25, 0.3) is 0 Å². The predicted molar refractivity (Wildman–Crippen MR) is 27.4 cm³/mol. The molecule has 0 radical (unpaired) electrons. The van der Waals surface area contributed by atoms with Gasteiger partial charge >= 0.3 is 0 Å². The van der Waals surface area contributed by atoms with Crippen LogP contribution >= 0.6 is 0 Å². The fourth-order valence-electron chi connectivity index (χ4n) is 0.762. The van der Waals surface area contributed by atoms with Gasteiger partial charge in [0.15, 0.2) is 0 Å². The third-order valence-electron chi connectivity index (χ3n) is 1.40. The molecule has 0 amide bonds. The van der Waals surface area contributed by atoms with Gasteiger partial charge in [0, 0.05) is 5.92 Å². The van der Waals surface area contributed by atoms with Crippen molar-refractivity contribution in [1.82, 2.24) is 0 Å². The number of aliphatic hydroxyl groups excluding tert-OH is 2. The molecule has 2 unspecified atom stereocenters. The van der Waals surface area contributed by atoms with E-state index < -0.39 is 6.10 Å². The van der Waals surface area contributed by atoms with E-state index in [1.807, 2.05) is 0 Å². The van der Waals surface area contributed by atoms with Crippen molar-refractivity contribution < 1.29 is 14.9 Å². The molecule has 0 bridgehead atoms. The SMILES string of the molecule is OCC1COCC1O. The van der Waals surface area contributed by atoms with Gasteiger partial charge < -0.3 is 14.9 Å². The average molecular weight is 118 g/mol. The highest BCUT2D eigenvalue weighted by atomic mass is 16.5. The highest BCUT2D eigenvalue weighted by molar-refractivity contribution is 4.72. The molecule has 0 spiro atoms. The van der Waals surface area contributed by atoms with E-state index in [0.717, 1.165) is 0 Å². The summed E-state index contributed by atoms with van der Waals surface area (Å²) in [6, 6.07) is 0. The lowest BCUT2D eigenvalue weighted by Gasteiger charge is -2.05. The fourth-order valence-corrected chi connectivity index (χ4v) is 0.762. The molecule has 0 saturated carbocycles. The molecular weight excluding hydrogens is 108 g/mol. The Morgan fingerprint density at radius 1 is 1.50 bits per heavy atom. The number of rotatable bonds is 1. The van der Waals surface area contributed by atoms with Crippen molar-refractivity contribution >= 4 is 0 Å². The third kappa shape index (κ3) is 0.992. The van der Waals surface area contributed by atoms with Crippen LogP contribution in [-0.4, -0.2) is 36.1 Å². The average Bonchev–Trinajstić information content (AvgIpc) is 2.14. The van der Waals surface area contributed by atoms with Crippen molar-refractivity contribution in [2.45, 2.75) is 6.10 Å². The Morgan fingerprint density at radius 3 is 2.50 bits per heavy atom. The van der Waals surface area contributed by atoms with Crippen molar-refractivity contribution in [1.29, 1.82) is 0 Å². The molecule has 3 heteroatoms. The number of hydrogen-bond donors (Lipinski definition) is 2. The molecule has 1 heterocycles. The Bertz CT molecular complexity index is 74.1. The van der Waals surface area contributed by atoms with E-state index >= 15 is 0 Å². The molecular formula is C5H10O3. The molecule has 1 aliphatic heterocycles. The van der Waals surface area contributed by atoms with Crippen molar-refractivity contribution in [2.75, 3.05) is 19.8 Å². The largest absolute Gasteiger partial charge is 0.396 e. The van der Waals surface area contributed by atoms with E-state index in [0.29, 0.717) is 13.2 Å². The van der Waals surface area contributed by atoms with Gasteiger partial charge in [-0.15, -0.1) is 0 Å². The summed E-state index contributed by atoms with van der Waals surface area (Å²) in [6.45, 7) is 0.907. The lowest BCUT2D eigenvalue weighted by molar-refractivity contribution is 0.0988. The topological polar surface area (TPSA) is 49.7 Å². The fraction of sp³-hybridized carbons (Fsp3) is 1.00. The Balaban J connectivity index is 2.30. The lowest BCUT2D eigenvalue weighted by Crippen LogP contribution is -2.20. The van der Waals surface area contributed by atoms with Crippen molar-refractivity contribution in [3.8, 4) is 0 Å². The second-order valence-corrected chi connectivity index (χ2v) is 2.05. The van der Waals surface area contributed by atoms with Crippen LogP contribution in [0.3, 0.4) is 0 Å². The molecule has 0 aromatic rings. The van der Waals surface area contributed by atoms with Crippen molar-refractivity contribution in [3.63, 3.8) is 0 Å². The first-order chi connectivity index (χ1) is 3.84. The van der Waals surface area contributed by atoms with Crippen LogP contribution in [0.25, 0.3) is 0 Å². The minimum atomic E-state index is -0.444. The van der Waals surface area contributed by atoms with E-state index in [2.05, 4.69) is 0 Å². The van der Waals surface area contributed by atoms with Crippen molar-refractivity contribution in [3.05, 3.63) is 0 Å². The zero-order valence-corrected chi connectivity index (χ0v) is 4.58. The van der Waals surface area contributed by atoms with Crippen LogP contribution in [0.15, 0.2) is 0 Å². The molecule has 0 aliphatic carbocycles. The zero-order valence-electron chi connectivity index (χ0n) is 4.58. The molecule has 1 aliphatic rings. The normalized spacial score (nSPS) is 38.2. The molecule has 0 aromatic carbocycles. The minimum Gasteiger partial charge on any atom is -0.396 e. The van der Waals surface area contributed by atoms with Gasteiger partial charge in [-0.2, -0.15) is 0 Å². The second kappa shape index (κ2) is 2.44. The van der Waals surface area contributed by atoms with Crippen LogP contribution in [-0.2, 0) is 4.74 Å². The second-order valence-electron chi connectivity index (χ2n) is 2.05. The summed E-state index contributed by atoms with van der Waals surface area (Å²) in [5.74, 6) is -0.0463. The third-order valence-corrected chi connectivity index (χ3v) is 1.40. The molecule has 1 fully saturated rings. The zero-order chi connectivity index (χ0) is 5.98. The first-order valence-corrected chi connectivity index (χ1v) is 2.71. The van der Waals surface area contributed by atoms with Crippen molar-refractivity contribution in [2.24, 2.45) is 5.92 Å². The Hall–Kier alpha value is -0.120. The Labute approximate surface area is 47.9 Å². The number of hydrogen-bond acceptors (Lipinski definition) is 3. The lowest BCUT2D eigenvalue weighted by atomic mass is 10.1. The smallest absolute Gasteiger partial charge is 0.0845 e. The molecule has 3 nitrogen and oxygen atoms in total. The van der Waals surface area contributed by atoms with Crippen LogP contribution in [0.2, 0.25) is 0 Å². The molecule has 1 saturated heterocycles. The molecule has 1 rings (SSSR count). The van der Waals surface area contributed by atoms with Gasteiger partial charge in [0.05, 0.1) is 25.9 Å². The summed E-state index contributed by atoms with van der Waals surface area (Å²) in [6.07, 6.45) is -0.444. The quantitative estimate of drug-likeness (QED) is 0.463. The van der Waals surface area contributed by atoms with E-state index in [1.54, 1.807) is 0 Å². The van der Waals surface area contributed by atoms with Gasteiger partial charge in [-0.05, 0) is 0 Å². The first kappa shape index (κ1) is 6.01. The van der Waals surface area contributed by atoms with Gasteiger partial charge in [-0.25, -0.2) is 0 Å². The minimum absolute atomic E-state index is 0.0289. The van der Waals surface area contributed by atoms with Gasteiger partial charge in [-0.3, -0.25) is 0 Å². The molecule has 0 aromatic heterocycles. The maximum absolute atomic E-state index is 8.90. The van der Waals surface area contributed by atoms with Crippen LogP contribution in [0, 0.1) is 5.92 Å². The molecule has 2 N–H and O–H groups in total. The number of aliphatic hydroxyl groups is 2. The van der Waals surface area contributed by atoms with E-state index in [1.165, 1.54) is 0 Å². The Morgan fingerprint density at radius 2 is 2.25 bits per heavy atom. The standard InChI is InChI=1S/C5H10O3/c6-1-4-2-8-3-5(4)7/h4-7H,1-3H2. The van der Waals surface area contributed by atoms with Crippen LogP contribution < -0.4 is 0 Å². The van der Waals surface area contributed by atoms with E-state index in [-0.39, 0.29) is 12.5 Å². The van der Waals surface area contributed by atoms with E-state index in [9.17, 15) is 0 Å². The molecule has 2 atom stereocenters.